The standard InChI is InChI=1S/C24H15Cl2F4N3O2/c25-18-11-17(7-8-20(18)27)35-16-5-3-14(4-6-16)12-32-23(34)21-2-1-9-33(21)22-19(26)10-15(13-31-22)24(28,29)30/h1-11,13H,12H2,(H,32,34). The third-order valence-corrected chi connectivity index (χ3v) is 5.43. The number of nitrogens with zero attached hydrogens (tertiary/aromatic N) is 2. The number of rotatable bonds is 6. The fourth-order valence-corrected chi connectivity index (χ4v) is 3.57. The van der Waals surface area contributed by atoms with E-state index in [2.05, 4.69) is 10.3 Å². The topological polar surface area (TPSA) is 56.1 Å². The number of pyridine rings is 1. The molecule has 1 N–H and O–H groups in total. The minimum absolute atomic E-state index is 0.00258. The van der Waals surface area contributed by atoms with E-state index in [1.165, 1.54) is 35.0 Å². The molecule has 5 nitrogen and oxygen atoms in total. The molecule has 0 saturated heterocycles. The number of hydrogen-bond donors (Lipinski definition) is 1. The average molecular weight is 524 g/mol. The van der Waals surface area contributed by atoms with Crippen LogP contribution in [0.4, 0.5) is 17.6 Å². The number of aromatic nitrogens is 2. The number of carbonyl (C=O) groups is 1. The van der Waals surface area contributed by atoms with Gasteiger partial charge in [-0.1, -0.05) is 35.3 Å². The van der Waals surface area contributed by atoms with Crippen LogP contribution in [0.25, 0.3) is 5.82 Å². The molecular weight excluding hydrogens is 509 g/mol. The largest absolute Gasteiger partial charge is 0.457 e. The zero-order valence-corrected chi connectivity index (χ0v) is 19.1. The molecule has 2 heterocycles. The van der Waals surface area contributed by atoms with E-state index in [4.69, 9.17) is 27.9 Å². The molecule has 2 aromatic carbocycles. The van der Waals surface area contributed by atoms with E-state index in [-0.39, 0.29) is 28.1 Å². The van der Waals surface area contributed by atoms with Gasteiger partial charge in [-0.2, -0.15) is 13.2 Å². The van der Waals surface area contributed by atoms with E-state index in [1.54, 1.807) is 30.3 Å². The Hall–Kier alpha value is -3.56. The number of carbonyl (C=O) groups excluding carboxylic acids is 1. The minimum atomic E-state index is -4.58. The molecule has 0 fully saturated rings. The molecule has 1 amide bonds. The summed E-state index contributed by atoms with van der Waals surface area (Å²) in [6, 6.07) is 14.6. The van der Waals surface area contributed by atoms with Crippen LogP contribution >= 0.6 is 23.2 Å². The number of ether oxygens (including phenoxy) is 1. The van der Waals surface area contributed by atoms with Gasteiger partial charge in [0.1, 0.15) is 23.0 Å². The van der Waals surface area contributed by atoms with Crippen LogP contribution in [0.15, 0.2) is 73.1 Å². The van der Waals surface area contributed by atoms with Crippen molar-refractivity contribution in [1.82, 2.24) is 14.9 Å². The zero-order chi connectivity index (χ0) is 25.2. The van der Waals surface area contributed by atoms with E-state index in [9.17, 15) is 22.4 Å². The SMILES string of the molecule is O=C(NCc1ccc(Oc2ccc(F)c(Cl)c2)cc1)c1cccn1-c1ncc(C(F)(F)F)cc1Cl. The van der Waals surface area contributed by atoms with Crippen LogP contribution in [0.1, 0.15) is 21.6 Å². The third-order valence-electron chi connectivity index (χ3n) is 4.86. The van der Waals surface area contributed by atoms with Gasteiger partial charge in [0.15, 0.2) is 5.82 Å². The number of halogens is 6. The Morgan fingerprint density at radius 2 is 1.71 bits per heavy atom. The first-order valence-corrected chi connectivity index (χ1v) is 10.8. The summed E-state index contributed by atoms with van der Waals surface area (Å²) in [5.74, 6) is -0.174. The normalized spacial score (nSPS) is 11.4. The first-order chi connectivity index (χ1) is 16.6. The van der Waals surface area contributed by atoms with E-state index in [1.807, 2.05) is 0 Å². The molecule has 4 rings (SSSR count). The van der Waals surface area contributed by atoms with Gasteiger partial charge in [-0.25, -0.2) is 9.37 Å². The van der Waals surface area contributed by atoms with Crippen molar-refractivity contribution < 1.29 is 27.1 Å². The van der Waals surface area contributed by atoms with Gasteiger partial charge in [0, 0.05) is 25.0 Å². The van der Waals surface area contributed by atoms with E-state index in [0.29, 0.717) is 17.7 Å². The first-order valence-electron chi connectivity index (χ1n) is 10.0. The monoisotopic (exact) mass is 523 g/mol. The summed E-state index contributed by atoms with van der Waals surface area (Å²) in [7, 11) is 0. The Labute approximate surface area is 206 Å². The summed E-state index contributed by atoms with van der Waals surface area (Å²) in [5.41, 5.74) is -0.0849. The lowest BCUT2D eigenvalue weighted by Gasteiger charge is -2.13. The highest BCUT2D eigenvalue weighted by atomic mass is 35.5. The lowest BCUT2D eigenvalue weighted by Crippen LogP contribution is -2.25. The van der Waals surface area contributed by atoms with Crippen LogP contribution in [-0.2, 0) is 12.7 Å². The number of amides is 1. The lowest BCUT2D eigenvalue weighted by molar-refractivity contribution is -0.137. The molecule has 35 heavy (non-hydrogen) atoms. The van der Waals surface area contributed by atoms with Crippen LogP contribution in [-0.4, -0.2) is 15.5 Å². The van der Waals surface area contributed by atoms with Crippen molar-refractivity contribution in [3.05, 3.63) is 106 Å². The second-order valence-electron chi connectivity index (χ2n) is 7.30. The Balaban J connectivity index is 1.42. The van der Waals surface area contributed by atoms with Crippen LogP contribution in [0.3, 0.4) is 0 Å². The summed E-state index contributed by atoms with van der Waals surface area (Å²) in [6.07, 6.45) is -2.45. The highest BCUT2D eigenvalue weighted by Gasteiger charge is 2.32. The highest BCUT2D eigenvalue weighted by Crippen LogP contribution is 2.32. The Morgan fingerprint density at radius 3 is 2.37 bits per heavy atom. The molecule has 4 aromatic rings. The van der Waals surface area contributed by atoms with Gasteiger partial charge in [0.05, 0.1) is 15.6 Å². The smallest absolute Gasteiger partial charge is 0.417 e. The fraction of sp³-hybridized carbons (Fsp3) is 0.0833. The van der Waals surface area contributed by atoms with Crippen molar-refractivity contribution in [3.63, 3.8) is 0 Å². The summed E-state index contributed by atoms with van der Waals surface area (Å²) < 4.78 is 58.8. The molecule has 0 aliphatic rings. The zero-order valence-electron chi connectivity index (χ0n) is 17.6. The summed E-state index contributed by atoms with van der Waals surface area (Å²) >= 11 is 11.8. The molecule has 180 valence electrons. The second-order valence-corrected chi connectivity index (χ2v) is 8.11. The predicted octanol–water partition coefficient (Wildman–Crippen LogP) is 7.06. The Kier molecular flexibility index (Phi) is 7.00. The van der Waals surface area contributed by atoms with Crippen LogP contribution in [0, 0.1) is 5.82 Å². The van der Waals surface area contributed by atoms with E-state index >= 15 is 0 Å². The highest BCUT2D eigenvalue weighted by molar-refractivity contribution is 6.32. The van der Waals surface area contributed by atoms with Crippen LogP contribution < -0.4 is 10.1 Å². The summed E-state index contributed by atoms with van der Waals surface area (Å²) in [5, 5.41) is 2.44. The third kappa shape index (κ3) is 5.75. The quantitative estimate of drug-likeness (QED) is 0.275. The maximum atomic E-state index is 13.3. The van der Waals surface area contributed by atoms with Gasteiger partial charge in [-0.3, -0.25) is 9.36 Å². The molecule has 11 heteroatoms. The van der Waals surface area contributed by atoms with Crippen molar-refractivity contribution in [3.8, 4) is 17.3 Å². The van der Waals surface area contributed by atoms with E-state index < -0.39 is 23.5 Å². The number of nitrogens with one attached hydrogen (secondary N) is 1. The van der Waals surface area contributed by atoms with E-state index in [0.717, 1.165) is 11.6 Å². The Bertz CT molecular complexity index is 1370. The summed E-state index contributed by atoms with van der Waals surface area (Å²) in [6.45, 7) is 0.168. The lowest BCUT2D eigenvalue weighted by atomic mass is 10.2. The molecule has 0 aliphatic heterocycles. The van der Waals surface area contributed by atoms with Crippen molar-refractivity contribution in [2.24, 2.45) is 0 Å². The van der Waals surface area contributed by atoms with Gasteiger partial charge in [-0.05, 0) is 48.0 Å². The molecule has 0 saturated carbocycles. The molecule has 0 unspecified atom stereocenters. The molecule has 0 atom stereocenters. The molecular formula is C24H15Cl2F4N3O2. The van der Waals surface area contributed by atoms with Crippen molar-refractivity contribution >= 4 is 29.1 Å². The molecule has 0 spiro atoms. The number of hydrogen-bond acceptors (Lipinski definition) is 3. The maximum Gasteiger partial charge on any atom is 0.417 e. The van der Waals surface area contributed by atoms with Gasteiger partial charge >= 0.3 is 6.18 Å². The van der Waals surface area contributed by atoms with Gasteiger partial charge in [0.2, 0.25) is 0 Å². The number of benzene rings is 2. The van der Waals surface area contributed by atoms with Crippen molar-refractivity contribution in [2.45, 2.75) is 12.7 Å². The second kappa shape index (κ2) is 9.97. The molecule has 0 aliphatic carbocycles. The predicted molar refractivity (Wildman–Crippen MR) is 123 cm³/mol. The average Bonchev–Trinajstić information content (AvgIpc) is 3.30. The van der Waals surface area contributed by atoms with Crippen molar-refractivity contribution in [1.29, 1.82) is 0 Å². The van der Waals surface area contributed by atoms with Gasteiger partial charge in [-0.15, -0.1) is 0 Å². The fourth-order valence-electron chi connectivity index (χ4n) is 3.14. The molecule has 2 aromatic heterocycles. The van der Waals surface area contributed by atoms with Crippen LogP contribution in [0.5, 0.6) is 11.5 Å². The first kappa shape index (κ1) is 24.6. The van der Waals surface area contributed by atoms with Crippen LogP contribution in [0.2, 0.25) is 10.0 Å². The summed E-state index contributed by atoms with van der Waals surface area (Å²) in [4.78, 5) is 16.5. The van der Waals surface area contributed by atoms with Crippen molar-refractivity contribution in [2.75, 3.05) is 0 Å². The Morgan fingerprint density at radius 1 is 1.00 bits per heavy atom. The minimum Gasteiger partial charge on any atom is -0.457 e. The molecule has 0 bridgehead atoms. The van der Waals surface area contributed by atoms with Gasteiger partial charge in [0.25, 0.3) is 5.91 Å². The maximum absolute atomic E-state index is 13.3. The van der Waals surface area contributed by atoms with Gasteiger partial charge < -0.3 is 10.1 Å². The number of alkyl halides is 3. The molecule has 0 radical (unpaired) electrons.